The standard InChI is InChI=1S/C14H21N3O3/c1-9-12(10(2)17(3)16-9)15-11(18)8-14(13(19)20)6-4-5-7-14/h4-8H2,1-3H3,(H,15,18)(H,19,20). The second-order valence-corrected chi connectivity index (χ2v) is 5.69. The Morgan fingerprint density at radius 2 is 1.95 bits per heavy atom. The number of hydrogen-bond donors (Lipinski definition) is 2. The molecule has 110 valence electrons. The van der Waals surface area contributed by atoms with Crippen molar-refractivity contribution in [2.75, 3.05) is 5.32 Å². The quantitative estimate of drug-likeness (QED) is 0.883. The highest BCUT2D eigenvalue weighted by Gasteiger charge is 2.43. The molecule has 0 bridgehead atoms. The maximum atomic E-state index is 12.2. The Balaban J connectivity index is 2.11. The van der Waals surface area contributed by atoms with Gasteiger partial charge in [0.05, 0.1) is 22.5 Å². The summed E-state index contributed by atoms with van der Waals surface area (Å²) in [6.07, 6.45) is 2.96. The minimum Gasteiger partial charge on any atom is -0.481 e. The van der Waals surface area contributed by atoms with Gasteiger partial charge in [-0.1, -0.05) is 12.8 Å². The first-order valence-corrected chi connectivity index (χ1v) is 6.89. The number of nitrogens with one attached hydrogen (secondary N) is 1. The van der Waals surface area contributed by atoms with E-state index in [1.807, 2.05) is 20.9 Å². The number of carboxylic acid groups (broad SMARTS) is 1. The zero-order valence-corrected chi connectivity index (χ0v) is 12.2. The monoisotopic (exact) mass is 279 g/mol. The van der Waals surface area contributed by atoms with E-state index in [2.05, 4.69) is 10.4 Å². The molecular weight excluding hydrogens is 258 g/mol. The number of anilines is 1. The summed E-state index contributed by atoms with van der Waals surface area (Å²) in [4.78, 5) is 23.6. The van der Waals surface area contributed by atoms with E-state index in [0.29, 0.717) is 18.5 Å². The van der Waals surface area contributed by atoms with E-state index >= 15 is 0 Å². The number of aliphatic carboxylic acids is 1. The summed E-state index contributed by atoms with van der Waals surface area (Å²) < 4.78 is 1.70. The van der Waals surface area contributed by atoms with Crippen molar-refractivity contribution in [3.05, 3.63) is 11.4 Å². The third kappa shape index (κ3) is 2.55. The number of carbonyl (C=O) groups is 2. The fraction of sp³-hybridized carbons (Fsp3) is 0.643. The number of rotatable bonds is 4. The van der Waals surface area contributed by atoms with Crippen molar-refractivity contribution in [2.45, 2.75) is 46.0 Å². The minimum atomic E-state index is -0.881. The largest absolute Gasteiger partial charge is 0.481 e. The molecule has 1 saturated carbocycles. The van der Waals surface area contributed by atoms with Gasteiger partial charge in [0.1, 0.15) is 0 Å². The van der Waals surface area contributed by atoms with E-state index < -0.39 is 11.4 Å². The highest BCUT2D eigenvalue weighted by Crippen LogP contribution is 2.41. The van der Waals surface area contributed by atoms with Crippen LogP contribution in [0.25, 0.3) is 0 Å². The van der Waals surface area contributed by atoms with Gasteiger partial charge in [-0.15, -0.1) is 0 Å². The van der Waals surface area contributed by atoms with Crippen LogP contribution in [0.2, 0.25) is 0 Å². The minimum absolute atomic E-state index is 0.0378. The Morgan fingerprint density at radius 1 is 1.35 bits per heavy atom. The first-order chi connectivity index (χ1) is 9.35. The average molecular weight is 279 g/mol. The van der Waals surface area contributed by atoms with E-state index in [4.69, 9.17) is 0 Å². The molecule has 0 radical (unpaired) electrons. The molecular formula is C14H21N3O3. The molecule has 20 heavy (non-hydrogen) atoms. The van der Waals surface area contributed by atoms with Crippen molar-refractivity contribution in [1.82, 2.24) is 9.78 Å². The van der Waals surface area contributed by atoms with Crippen LogP contribution in [-0.2, 0) is 16.6 Å². The topological polar surface area (TPSA) is 84.2 Å². The van der Waals surface area contributed by atoms with Crippen LogP contribution in [-0.4, -0.2) is 26.8 Å². The molecule has 6 nitrogen and oxygen atoms in total. The van der Waals surface area contributed by atoms with Crippen LogP contribution >= 0.6 is 0 Å². The highest BCUT2D eigenvalue weighted by atomic mass is 16.4. The lowest BCUT2D eigenvalue weighted by Crippen LogP contribution is -2.32. The van der Waals surface area contributed by atoms with E-state index in [-0.39, 0.29) is 12.3 Å². The molecule has 0 unspecified atom stereocenters. The number of aromatic nitrogens is 2. The maximum absolute atomic E-state index is 12.2. The molecule has 0 saturated heterocycles. The molecule has 0 atom stereocenters. The van der Waals surface area contributed by atoms with Crippen molar-refractivity contribution >= 4 is 17.6 Å². The lowest BCUT2D eigenvalue weighted by Gasteiger charge is -2.22. The second kappa shape index (κ2) is 5.26. The Bertz CT molecular complexity index is 542. The number of aryl methyl sites for hydroxylation is 2. The van der Waals surface area contributed by atoms with Crippen LogP contribution < -0.4 is 5.32 Å². The summed E-state index contributed by atoms with van der Waals surface area (Å²) >= 11 is 0. The van der Waals surface area contributed by atoms with E-state index in [1.165, 1.54) is 0 Å². The molecule has 1 aromatic heterocycles. The molecule has 1 aliphatic rings. The van der Waals surface area contributed by atoms with Gasteiger partial charge in [-0.3, -0.25) is 14.3 Å². The normalized spacial score (nSPS) is 17.1. The zero-order valence-electron chi connectivity index (χ0n) is 12.2. The second-order valence-electron chi connectivity index (χ2n) is 5.69. The molecule has 1 fully saturated rings. The van der Waals surface area contributed by atoms with Gasteiger partial charge in [0.15, 0.2) is 0 Å². The van der Waals surface area contributed by atoms with Crippen molar-refractivity contribution in [1.29, 1.82) is 0 Å². The molecule has 6 heteroatoms. The molecule has 0 spiro atoms. The van der Waals surface area contributed by atoms with Crippen LogP contribution in [0.1, 0.15) is 43.5 Å². The smallest absolute Gasteiger partial charge is 0.310 e. The fourth-order valence-corrected chi connectivity index (χ4v) is 2.96. The molecule has 2 rings (SSSR count). The predicted octanol–water partition coefficient (Wildman–Crippen LogP) is 2.01. The number of carboxylic acids is 1. The fourth-order valence-electron chi connectivity index (χ4n) is 2.96. The van der Waals surface area contributed by atoms with Gasteiger partial charge in [0, 0.05) is 13.5 Å². The lowest BCUT2D eigenvalue weighted by atomic mass is 9.82. The van der Waals surface area contributed by atoms with E-state index in [9.17, 15) is 14.7 Å². The molecule has 1 amide bonds. The highest BCUT2D eigenvalue weighted by molar-refractivity contribution is 5.95. The summed E-state index contributed by atoms with van der Waals surface area (Å²) in [7, 11) is 1.81. The van der Waals surface area contributed by atoms with Crippen LogP contribution in [0.15, 0.2) is 0 Å². The number of carbonyl (C=O) groups excluding carboxylic acids is 1. The SMILES string of the molecule is Cc1nn(C)c(C)c1NC(=O)CC1(C(=O)O)CCCC1. The van der Waals surface area contributed by atoms with Gasteiger partial charge in [-0.05, 0) is 26.7 Å². The average Bonchev–Trinajstić information content (AvgIpc) is 2.92. The van der Waals surface area contributed by atoms with Crippen LogP contribution in [0, 0.1) is 19.3 Å². The van der Waals surface area contributed by atoms with E-state index in [0.717, 1.165) is 24.2 Å². The Labute approximate surface area is 118 Å². The number of amides is 1. The molecule has 1 aliphatic carbocycles. The van der Waals surface area contributed by atoms with Crippen LogP contribution in [0.5, 0.6) is 0 Å². The molecule has 2 N–H and O–H groups in total. The Hall–Kier alpha value is -1.85. The van der Waals surface area contributed by atoms with Crippen molar-refractivity contribution in [3.8, 4) is 0 Å². The third-order valence-corrected chi connectivity index (χ3v) is 4.29. The summed E-state index contributed by atoms with van der Waals surface area (Å²) in [6, 6.07) is 0. The first kappa shape index (κ1) is 14.6. The van der Waals surface area contributed by atoms with E-state index in [1.54, 1.807) is 4.68 Å². The van der Waals surface area contributed by atoms with Crippen molar-refractivity contribution < 1.29 is 14.7 Å². The summed E-state index contributed by atoms with van der Waals surface area (Å²) in [6.45, 7) is 3.70. The van der Waals surface area contributed by atoms with Gasteiger partial charge in [-0.2, -0.15) is 5.10 Å². The summed E-state index contributed by atoms with van der Waals surface area (Å²) in [5, 5.41) is 16.4. The van der Waals surface area contributed by atoms with Gasteiger partial charge >= 0.3 is 5.97 Å². The number of nitrogens with zero attached hydrogens (tertiary/aromatic N) is 2. The van der Waals surface area contributed by atoms with Gasteiger partial charge in [0.2, 0.25) is 5.91 Å². The molecule has 1 heterocycles. The zero-order chi connectivity index (χ0) is 14.9. The molecule has 0 aliphatic heterocycles. The number of hydrogen-bond acceptors (Lipinski definition) is 3. The summed E-state index contributed by atoms with van der Waals surface area (Å²) in [5.41, 5.74) is 1.42. The molecule has 1 aromatic rings. The van der Waals surface area contributed by atoms with Crippen LogP contribution in [0.3, 0.4) is 0 Å². The predicted molar refractivity (Wildman–Crippen MR) is 74.5 cm³/mol. The van der Waals surface area contributed by atoms with Gasteiger partial charge in [0.25, 0.3) is 0 Å². The van der Waals surface area contributed by atoms with Crippen molar-refractivity contribution in [3.63, 3.8) is 0 Å². The van der Waals surface area contributed by atoms with Gasteiger partial charge in [-0.25, -0.2) is 0 Å². The maximum Gasteiger partial charge on any atom is 0.310 e. The van der Waals surface area contributed by atoms with Crippen molar-refractivity contribution in [2.24, 2.45) is 12.5 Å². The van der Waals surface area contributed by atoms with Crippen LogP contribution in [0.4, 0.5) is 5.69 Å². The Kier molecular flexibility index (Phi) is 3.83. The first-order valence-electron chi connectivity index (χ1n) is 6.89. The summed E-state index contributed by atoms with van der Waals surface area (Å²) in [5.74, 6) is -1.10. The third-order valence-electron chi connectivity index (χ3n) is 4.29. The Morgan fingerprint density at radius 3 is 2.40 bits per heavy atom. The van der Waals surface area contributed by atoms with Gasteiger partial charge < -0.3 is 10.4 Å². The molecule has 0 aromatic carbocycles. The lowest BCUT2D eigenvalue weighted by molar-refractivity contribution is -0.150.